The van der Waals surface area contributed by atoms with Gasteiger partial charge >= 0.3 is 0 Å². The molecule has 0 aromatic heterocycles. The van der Waals surface area contributed by atoms with E-state index in [4.69, 9.17) is 9.94 Å². The molecule has 0 spiro atoms. The van der Waals surface area contributed by atoms with Crippen molar-refractivity contribution in [3.8, 4) is 5.75 Å². The van der Waals surface area contributed by atoms with Crippen molar-refractivity contribution < 1.29 is 19.5 Å². The summed E-state index contributed by atoms with van der Waals surface area (Å²) in [6.45, 7) is 3.70. The molecular weight excluding hydrogens is 241 g/mol. The molecule has 1 atom stereocenters. The Morgan fingerprint density at radius 2 is 2.18 bits per heavy atom. The van der Waals surface area contributed by atoms with Crippen LogP contribution in [0, 0.1) is 0 Å². The fourth-order valence-corrected chi connectivity index (χ4v) is 2.12. The maximum Gasteiger partial charge on any atom is 0.278 e. The van der Waals surface area contributed by atoms with Crippen LogP contribution in [0.15, 0.2) is 18.2 Å². The lowest BCUT2D eigenvalue weighted by atomic mass is 10.2. The molecule has 5 nitrogen and oxygen atoms in total. The molecule has 17 heavy (non-hydrogen) atoms. The molecule has 0 aliphatic rings. The molecule has 0 aliphatic heterocycles. The Morgan fingerprint density at radius 1 is 1.47 bits per heavy atom. The van der Waals surface area contributed by atoms with E-state index >= 15 is 0 Å². The zero-order valence-corrected chi connectivity index (χ0v) is 10.6. The van der Waals surface area contributed by atoms with Crippen molar-refractivity contribution in [2.24, 2.45) is 0 Å². The smallest absolute Gasteiger partial charge is 0.278 e. The maximum atomic E-state index is 11.4. The SMILES string of the molecule is CCOc1ccc(PC(C)=O)cc1C(=O)NO. The van der Waals surface area contributed by atoms with Crippen LogP contribution < -0.4 is 15.5 Å². The number of amides is 1. The predicted molar refractivity (Wildman–Crippen MR) is 65.5 cm³/mol. The molecule has 6 heteroatoms. The van der Waals surface area contributed by atoms with E-state index in [2.05, 4.69) is 0 Å². The number of rotatable bonds is 5. The summed E-state index contributed by atoms with van der Waals surface area (Å²) in [6.07, 6.45) is 0. The van der Waals surface area contributed by atoms with Crippen LogP contribution in [0.4, 0.5) is 0 Å². The first kappa shape index (κ1) is 13.6. The van der Waals surface area contributed by atoms with Crippen LogP contribution in [0.2, 0.25) is 0 Å². The molecule has 1 aromatic carbocycles. The summed E-state index contributed by atoms with van der Waals surface area (Å²) in [5.74, 6) is -0.264. The Kier molecular flexibility index (Phi) is 5.07. The Labute approximate surface area is 101 Å². The second kappa shape index (κ2) is 6.33. The lowest BCUT2D eigenvalue weighted by Gasteiger charge is -2.10. The molecule has 0 saturated carbocycles. The Hall–Kier alpha value is -1.45. The fraction of sp³-hybridized carbons (Fsp3) is 0.273. The van der Waals surface area contributed by atoms with Crippen molar-refractivity contribution in [1.29, 1.82) is 0 Å². The molecule has 0 bridgehead atoms. The minimum atomic E-state index is -0.649. The molecule has 0 fully saturated rings. The van der Waals surface area contributed by atoms with Crippen molar-refractivity contribution in [2.45, 2.75) is 13.8 Å². The van der Waals surface area contributed by atoms with E-state index in [0.717, 1.165) is 5.30 Å². The van der Waals surface area contributed by atoms with Crippen molar-refractivity contribution in [3.63, 3.8) is 0 Å². The van der Waals surface area contributed by atoms with Gasteiger partial charge in [-0.2, -0.15) is 0 Å². The van der Waals surface area contributed by atoms with Crippen LogP contribution in [0.25, 0.3) is 0 Å². The van der Waals surface area contributed by atoms with E-state index in [1.807, 2.05) is 0 Å². The normalized spacial score (nSPS) is 10.5. The Morgan fingerprint density at radius 3 is 2.71 bits per heavy atom. The van der Waals surface area contributed by atoms with Gasteiger partial charge in [-0.25, -0.2) is 5.48 Å². The summed E-state index contributed by atoms with van der Waals surface area (Å²) >= 11 is 0. The highest BCUT2D eigenvalue weighted by atomic mass is 31.1. The van der Waals surface area contributed by atoms with Crippen LogP contribution in [0.5, 0.6) is 5.75 Å². The van der Waals surface area contributed by atoms with Gasteiger partial charge < -0.3 is 4.74 Å². The van der Waals surface area contributed by atoms with E-state index in [1.54, 1.807) is 30.6 Å². The van der Waals surface area contributed by atoms with Crippen LogP contribution >= 0.6 is 8.58 Å². The predicted octanol–water partition coefficient (Wildman–Crippen LogP) is 1.05. The summed E-state index contributed by atoms with van der Waals surface area (Å²) in [5, 5.41) is 9.37. The molecule has 0 saturated heterocycles. The third-order valence-electron chi connectivity index (χ3n) is 1.95. The first-order valence-electron chi connectivity index (χ1n) is 5.07. The van der Waals surface area contributed by atoms with Gasteiger partial charge in [-0.1, -0.05) is 6.07 Å². The molecule has 1 unspecified atom stereocenters. The Balaban J connectivity index is 3.09. The van der Waals surface area contributed by atoms with Gasteiger partial charge in [-0.3, -0.25) is 14.8 Å². The molecule has 1 amide bonds. The van der Waals surface area contributed by atoms with Gasteiger partial charge in [0.1, 0.15) is 5.75 Å². The zero-order valence-electron chi connectivity index (χ0n) is 9.61. The summed E-state index contributed by atoms with van der Waals surface area (Å²) in [4.78, 5) is 22.4. The van der Waals surface area contributed by atoms with Gasteiger partial charge in [-0.15, -0.1) is 0 Å². The minimum absolute atomic E-state index is 0.00623. The first-order chi connectivity index (χ1) is 8.08. The van der Waals surface area contributed by atoms with Gasteiger partial charge in [0.15, 0.2) is 5.52 Å². The van der Waals surface area contributed by atoms with Crippen molar-refractivity contribution >= 4 is 25.3 Å². The van der Waals surface area contributed by atoms with E-state index in [1.165, 1.54) is 6.92 Å². The largest absolute Gasteiger partial charge is 0.493 e. The Bertz CT molecular complexity index is 433. The molecule has 0 heterocycles. The third-order valence-corrected chi connectivity index (χ3v) is 2.90. The van der Waals surface area contributed by atoms with Crippen LogP contribution in [0.3, 0.4) is 0 Å². The highest BCUT2D eigenvalue weighted by Crippen LogP contribution is 2.21. The highest BCUT2D eigenvalue weighted by Gasteiger charge is 2.13. The molecule has 0 radical (unpaired) electrons. The molecule has 2 N–H and O–H groups in total. The minimum Gasteiger partial charge on any atom is -0.493 e. The van der Waals surface area contributed by atoms with E-state index < -0.39 is 5.91 Å². The number of hydrogen-bond acceptors (Lipinski definition) is 4. The first-order valence-corrected chi connectivity index (χ1v) is 6.07. The maximum absolute atomic E-state index is 11.4. The number of benzene rings is 1. The average Bonchev–Trinajstić information content (AvgIpc) is 2.29. The lowest BCUT2D eigenvalue weighted by molar-refractivity contribution is -0.109. The molecular formula is C11H14NO4P. The van der Waals surface area contributed by atoms with Crippen LogP contribution in [0.1, 0.15) is 24.2 Å². The van der Waals surface area contributed by atoms with Crippen LogP contribution in [-0.4, -0.2) is 23.2 Å². The van der Waals surface area contributed by atoms with Gasteiger partial charge in [-0.05, 0) is 39.9 Å². The summed E-state index contributed by atoms with van der Waals surface area (Å²) in [6, 6.07) is 4.91. The van der Waals surface area contributed by atoms with E-state index in [9.17, 15) is 9.59 Å². The molecule has 1 aromatic rings. The van der Waals surface area contributed by atoms with Gasteiger partial charge in [0.2, 0.25) is 0 Å². The van der Waals surface area contributed by atoms with Gasteiger partial charge in [0.25, 0.3) is 5.91 Å². The standard InChI is InChI=1S/C11H14NO4P/c1-3-16-10-5-4-8(17-7(2)13)6-9(10)11(14)12-15/h4-6,15,17H,3H2,1-2H3,(H,12,14). The quantitative estimate of drug-likeness (QED) is 0.468. The third kappa shape index (κ3) is 3.80. The van der Waals surface area contributed by atoms with Crippen LogP contribution in [-0.2, 0) is 4.79 Å². The zero-order chi connectivity index (χ0) is 12.8. The molecule has 92 valence electrons. The average molecular weight is 255 g/mol. The van der Waals surface area contributed by atoms with Crippen molar-refractivity contribution in [2.75, 3.05) is 6.61 Å². The van der Waals surface area contributed by atoms with E-state index in [-0.39, 0.29) is 19.7 Å². The topological polar surface area (TPSA) is 75.6 Å². The second-order valence-corrected chi connectivity index (χ2v) is 4.80. The number of hydrogen-bond donors (Lipinski definition) is 2. The van der Waals surface area contributed by atoms with Gasteiger partial charge in [0, 0.05) is 0 Å². The molecule has 0 aliphatic carbocycles. The van der Waals surface area contributed by atoms with Crippen molar-refractivity contribution in [3.05, 3.63) is 23.8 Å². The number of ether oxygens (including phenoxy) is 1. The highest BCUT2D eigenvalue weighted by molar-refractivity contribution is 7.65. The molecule has 1 rings (SSSR count). The number of carbonyl (C=O) groups is 2. The van der Waals surface area contributed by atoms with Gasteiger partial charge in [0.05, 0.1) is 12.2 Å². The number of nitrogens with one attached hydrogen (secondary N) is 1. The summed E-state index contributed by atoms with van der Waals surface area (Å²) in [5.41, 5.74) is 1.81. The lowest BCUT2D eigenvalue weighted by Crippen LogP contribution is -2.21. The van der Waals surface area contributed by atoms with E-state index in [0.29, 0.717) is 12.4 Å². The number of carbonyl (C=O) groups excluding carboxylic acids is 2. The van der Waals surface area contributed by atoms with Crippen molar-refractivity contribution in [1.82, 2.24) is 5.48 Å². The monoisotopic (exact) mass is 255 g/mol. The summed E-state index contributed by atoms with van der Waals surface area (Å²) < 4.78 is 5.27. The fourth-order valence-electron chi connectivity index (χ4n) is 1.33. The number of hydroxylamine groups is 1. The second-order valence-electron chi connectivity index (χ2n) is 3.27. The summed E-state index contributed by atoms with van der Waals surface area (Å²) in [7, 11) is -0.00623.